The van der Waals surface area contributed by atoms with Crippen LogP contribution in [0.3, 0.4) is 0 Å². The molecular formula is C20H17BrCl2N4O. The second-order valence-corrected chi connectivity index (χ2v) is 7.87. The number of carbonyl (C=O) groups excluding carboxylic acids is 1. The molecule has 0 aliphatic rings. The van der Waals surface area contributed by atoms with E-state index in [9.17, 15) is 4.79 Å². The van der Waals surface area contributed by atoms with Crippen molar-refractivity contribution in [3.8, 4) is 5.69 Å². The Morgan fingerprint density at radius 3 is 2.75 bits per heavy atom. The Labute approximate surface area is 181 Å². The van der Waals surface area contributed by atoms with Gasteiger partial charge in [0.05, 0.1) is 45.8 Å². The van der Waals surface area contributed by atoms with Crippen LogP contribution in [-0.4, -0.2) is 28.9 Å². The highest BCUT2D eigenvalue weighted by atomic mass is 79.9. The zero-order chi connectivity index (χ0) is 20.3. The standard InChI is InChI=1S/C20H17BrCl2N4O/c1-12-16(10-25-27(12)15-6-7-17(22)18(23)9-15)20(28)26-19(11-24-2)13-4-3-5-14(21)8-13/h3-10,19H,2,11H2,1H3,(H,26,28). The predicted octanol–water partition coefficient (Wildman–Crippen LogP) is 5.42. The van der Waals surface area contributed by atoms with Crippen molar-refractivity contribution in [3.63, 3.8) is 0 Å². The van der Waals surface area contributed by atoms with E-state index in [-0.39, 0.29) is 11.9 Å². The predicted molar refractivity (Wildman–Crippen MR) is 117 cm³/mol. The molecule has 3 rings (SSSR count). The van der Waals surface area contributed by atoms with E-state index in [0.29, 0.717) is 27.8 Å². The summed E-state index contributed by atoms with van der Waals surface area (Å²) in [5, 5.41) is 8.22. The van der Waals surface area contributed by atoms with Gasteiger partial charge in [-0.2, -0.15) is 5.10 Å². The summed E-state index contributed by atoms with van der Waals surface area (Å²) in [6.07, 6.45) is 1.53. The van der Waals surface area contributed by atoms with E-state index in [1.807, 2.05) is 31.2 Å². The maximum absolute atomic E-state index is 12.9. The third-order valence-electron chi connectivity index (χ3n) is 4.27. The number of hydrogen-bond acceptors (Lipinski definition) is 3. The average molecular weight is 480 g/mol. The summed E-state index contributed by atoms with van der Waals surface area (Å²) in [5.41, 5.74) is 2.82. The minimum absolute atomic E-state index is 0.238. The zero-order valence-electron chi connectivity index (χ0n) is 15.0. The van der Waals surface area contributed by atoms with E-state index in [0.717, 1.165) is 15.7 Å². The molecule has 5 nitrogen and oxygen atoms in total. The highest BCUT2D eigenvalue weighted by Gasteiger charge is 2.20. The topological polar surface area (TPSA) is 59.3 Å². The summed E-state index contributed by atoms with van der Waals surface area (Å²) < 4.78 is 2.58. The van der Waals surface area contributed by atoms with Gasteiger partial charge < -0.3 is 5.32 Å². The van der Waals surface area contributed by atoms with Gasteiger partial charge in [0, 0.05) is 4.47 Å². The number of benzene rings is 2. The first-order valence-electron chi connectivity index (χ1n) is 8.39. The first-order valence-corrected chi connectivity index (χ1v) is 9.94. The Morgan fingerprint density at radius 1 is 1.29 bits per heavy atom. The summed E-state index contributed by atoms with van der Waals surface area (Å²) in [4.78, 5) is 16.8. The summed E-state index contributed by atoms with van der Waals surface area (Å²) in [6.45, 7) is 5.74. The Kier molecular flexibility index (Phi) is 6.54. The molecular weight excluding hydrogens is 463 g/mol. The van der Waals surface area contributed by atoms with E-state index in [4.69, 9.17) is 23.2 Å². The van der Waals surface area contributed by atoms with Crippen molar-refractivity contribution in [1.82, 2.24) is 15.1 Å². The van der Waals surface area contributed by atoms with E-state index in [1.165, 1.54) is 6.20 Å². The molecule has 1 atom stereocenters. The van der Waals surface area contributed by atoms with Crippen molar-refractivity contribution >= 4 is 51.8 Å². The minimum Gasteiger partial charge on any atom is -0.343 e. The number of hydrogen-bond donors (Lipinski definition) is 1. The van der Waals surface area contributed by atoms with Crippen LogP contribution < -0.4 is 5.32 Å². The van der Waals surface area contributed by atoms with Crippen LogP contribution in [0.4, 0.5) is 0 Å². The van der Waals surface area contributed by atoms with Crippen LogP contribution in [0.2, 0.25) is 10.0 Å². The first-order chi connectivity index (χ1) is 13.4. The van der Waals surface area contributed by atoms with Gasteiger partial charge in [-0.1, -0.05) is 51.3 Å². The molecule has 0 aliphatic carbocycles. The Morgan fingerprint density at radius 2 is 2.07 bits per heavy atom. The summed E-state index contributed by atoms with van der Waals surface area (Å²) >= 11 is 15.5. The molecule has 0 saturated heterocycles. The second-order valence-electron chi connectivity index (χ2n) is 6.14. The van der Waals surface area contributed by atoms with Crippen molar-refractivity contribution in [1.29, 1.82) is 0 Å². The van der Waals surface area contributed by atoms with Crippen LogP contribution in [0.15, 0.2) is 58.1 Å². The van der Waals surface area contributed by atoms with Gasteiger partial charge in [-0.3, -0.25) is 9.79 Å². The van der Waals surface area contributed by atoms with Crippen LogP contribution >= 0.6 is 39.1 Å². The maximum Gasteiger partial charge on any atom is 0.255 e. The third-order valence-corrected chi connectivity index (χ3v) is 5.50. The van der Waals surface area contributed by atoms with Gasteiger partial charge in [-0.05, 0) is 49.5 Å². The van der Waals surface area contributed by atoms with E-state index >= 15 is 0 Å². The lowest BCUT2D eigenvalue weighted by Gasteiger charge is -2.17. The highest BCUT2D eigenvalue weighted by molar-refractivity contribution is 9.10. The lowest BCUT2D eigenvalue weighted by Crippen LogP contribution is -2.30. The molecule has 28 heavy (non-hydrogen) atoms. The monoisotopic (exact) mass is 478 g/mol. The third kappa shape index (κ3) is 4.46. The number of aromatic nitrogens is 2. The zero-order valence-corrected chi connectivity index (χ0v) is 18.1. The molecule has 1 amide bonds. The van der Waals surface area contributed by atoms with Gasteiger partial charge in [0.2, 0.25) is 0 Å². The minimum atomic E-state index is -0.296. The number of carbonyl (C=O) groups is 1. The SMILES string of the molecule is C=NCC(NC(=O)c1cnn(-c2ccc(Cl)c(Cl)c2)c1C)c1cccc(Br)c1. The smallest absolute Gasteiger partial charge is 0.255 e. The molecule has 0 fully saturated rings. The van der Waals surface area contributed by atoms with Gasteiger partial charge in [0.15, 0.2) is 0 Å². The number of nitrogens with zero attached hydrogens (tertiary/aromatic N) is 3. The van der Waals surface area contributed by atoms with E-state index < -0.39 is 0 Å². The van der Waals surface area contributed by atoms with E-state index in [2.05, 4.69) is 38.1 Å². The van der Waals surface area contributed by atoms with Crippen LogP contribution in [-0.2, 0) is 0 Å². The van der Waals surface area contributed by atoms with Gasteiger partial charge >= 0.3 is 0 Å². The summed E-state index contributed by atoms with van der Waals surface area (Å²) in [5.74, 6) is -0.238. The average Bonchev–Trinajstić information content (AvgIpc) is 3.05. The molecule has 8 heteroatoms. The van der Waals surface area contributed by atoms with Crippen LogP contribution in [0.1, 0.15) is 27.7 Å². The van der Waals surface area contributed by atoms with Crippen molar-refractivity contribution in [3.05, 3.63) is 80.0 Å². The lowest BCUT2D eigenvalue weighted by atomic mass is 10.1. The lowest BCUT2D eigenvalue weighted by molar-refractivity contribution is 0.0937. The molecule has 0 aliphatic heterocycles. The van der Waals surface area contributed by atoms with Crippen molar-refractivity contribution in [2.24, 2.45) is 4.99 Å². The van der Waals surface area contributed by atoms with Crippen molar-refractivity contribution in [2.45, 2.75) is 13.0 Å². The second kappa shape index (κ2) is 8.90. The molecule has 1 aromatic heterocycles. The number of amides is 1. The van der Waals surface area contributed by atoms with Gasteiger partial charge in [-0.15, -0.1) is 0 Å². The molecule has 0 radical (unpaired) electrons. The molecule has 1 N–H and O–H groups in total. The van der Waals surface area contributed by atoms with Crippen LogP contribution in [0.25, 0.3) is 5.69 Å². The fourth-order valence-corrected chi connectivity index (χ4v) is 3.54. The Balaban J connectivity index is 1.86. The number of rotatable bonds is 6. The van der Waals surface area contributed by atoms with Gasteiger partial charge in [0.1, 0.15) is 0 Å². The normalized spacial score (nSPS) is 11.9. The molecule has 0 saturated carbocycles. The summed E-state index contributed by atoms with van der Waals surface area (Å²) in [6, 6.07) is 12.6. The molecule has 0 spiro atoms. The largest absolute Gasteiger partial charge is 0.343 e. The van der Waals surface area contributed by atoms with E-state index in [1.54, 1.807) is 22.9 Å². The molecule has 1 heterocycles. The van der Waals surface area contributed by atoms with Crippen molar-refractivity contribution in [2.75, 3.05) is 6.54 Å². The van der Waals surface area contributed by atoms with Crippen LogP contribution in [0.5, 0.6) is 0 Å². The first kappa shape index (κ1) is 20.6. The summed E-state index contributed by atoms with van der Waals surface area (Å²) in [7, 11) is 0. The molecule has 0 bridgehead atoms. The van der Waals surface area contributed by atoms with Gasteiger partial charge in [-0.25, -0.2) is 4.68 Å². The fraction of sp³-hybridized carbons (Fsp3) is 0.150. The quantitative estimate of drug-likeness (QED) is 0.479. The Hall–Kier alpha value is -2.15. The van der Waals surface area contributed by atoms with Crippen LogP contribution in [0, 0.1) is 6.92 Å². The molecule has 2 aromatic carbocycles. The number of aliphatic imine (C=N–C) groups is 1. The Bertz CT molecular complexity index is 1030. The highest BCUT2D eigenvalue weighted by Crippen LogP contribution is 2.26. The number of halogens is 3. The fourth-order valence-electron chi connectivity index (χ4n) is 2.83. The number of nitrogens with one attached hydrogen (secondary N) is 1. The van der Waals surface area contributed by atoms with Crippen molar-refractivity contribution < 1.29 is 4.79 Å². The molecule has 144 valence electrons. The molecule has 1 unspecified atom stereocenters. The maximum atomic E-state index is 12.9. The molecule has 3 aromatic rings. The van der Waals surface area contributed by atoms with Gasteiger partial charge in [0.25, 0.3) is 5.91 Å².